The Kier molecular flexibility index (Phi) is 2.57. The topological polar surface area (TPSA) is 61.1 Å². The maximum Gasteiger partial charge on any atom is 0.335 e. The third-order valence-corrected chi connectivity index (χ3v) is 1.87. The highest BCUT2D eigenvalue weighted by Crippen LogP contribution is 2.26. The van der Waals surface area contributed by atoms with E-state index in [9.17, 15) is 4.79 Å². The Bertz CT molecular complexity index is 392. The van der Waals surface area contributed by atoms with E-state index in [1.165, 1.54) is 12.2 Å². The second kappa shape index (κ2) is 3.51. The van der Waals surface area contributed by atoms with Crippen molar-refractivity contribution in [1.29, 1.82) is 5.26 Å². The van der Waals surface area contributed by atoms with Gasteiger partial charge in [-0.2, -0.15) is 5.26 Å². The monoisotopic (exact) mass is 189 g/mol. The lowest BCUT2D eigenvalue weighted by atomic mass is 9.90. The predicted octanol–water partition coefficient (Wildman–Crippen LogP) is 2.04. The van der Waals surface area contributed by atoms with Crippen LogP contribution in [-0.2, 0) is 4.79 Å². The zero-order valence-corrected chi connectivity index (χ0v) is 8.11. The molecule has 0 amide bonds. The van der Waals surface area contributed by atoms with Gasteiger partial charge in [-0.05, 0) is 12.2 Å². The third-order valence-electron chi connectivity index (χ3n) is 1.87. The Morgan fingerprint density at radius 3 is 2.57 bits per heavy atom. The fourth-order valence-corrected chi connectivity index (χ4v) is 1.32. The summed E-state index contributed by atoms with van der Waals surface area (Å²) in [6.07, 6.45) is 6.36. The van der Waals surface area contributed by atoms with Gasteiger partial charge in [-0.25, -0.2) is 4.79 Å². The van der Waals surface area contributed by atoms with E-state index in [4.69, 9.17) is 10.4 Å². The van der Waals surface area contributed by atoms with Crippen LogP contribution in [0.5, 0.6) is 0 Å². The molecule has 3 heteroatoms. The van der Waals surface area contributed by atoms with Crippen LogP contribution in [-0.4, -0.2) is 11.1 Å². The zero-order chi connectivity index (χ0) is 10.8. The van der Waals surface area contributed by atoms with E-state index < -0.39 is 11.4 Å². The molecule has 0 radical (unpaired) electrons. The van der Waals surface area contributed by atoms with Gasteiger partial charge in [-0.3, -0.25) is 0 Å². The quantitative estimate of drug-likeness (QED) is 0.686. The standard InChI is InChI=1S/C11H11NO2/c1-11(2)5-8(7-12)3-4-9(6-11)10(13)14/h3-6H,1-2H3,(H,13,14). The highest BCUT2D eigenvalue weighted by Gasteiger charge is 2.18. The number of nitriles is 1. The van der Waals surface area contributed by atoms with Crippen LogP contribution in [0.2, 0.25) is 0 Å². The van der Waals surface area contributed by atoms with Crippen LogP contribution in [0, 0.1) is 16.7 Å². The molecule has 0 spiro atoms. The van der Waals surface area contributed by atoms with Crippen molar-refractivity contribution in [2.75, 3.05) is 0 Å². The molecule has 0 fully saturated rings. The van der Waals surface area contributed by atoms with Gasteiger partial charge in [0.15, 0.2) is 0 Å². The molecule has 14 heavy (non-hydrogen) atoms. The number of allylic oxidation sites excluding steroid dienone is 4. The summed E-state index contributed by atoms with van der Waals surface area (Å²) in [4.78, 5) is 10.8. The maximum atomic E-state index is 10.8. The number of carboxylic acids is 1. The lowest BCUT2D eigenvalue weighted by Crippen LogP contribution is -2.07. The summed E-state index contributed by atoms with van der Waals surface area (Å²) < 4.78 is 0. The number of hydrogen-bond acceptors (Lipinski definition) is 2. The molecule has 0 aliphatic heterocycles. The SMILES string of the molecule is CC1(C)C=C(C#N)C=CC(C(=O)O)=C1. The van der Waals surface area contributed by atoms with Gasteiger partial charge in [0.2, 0.25) is 0 Å². The molecule has 0 aromatic carbocycles. The molecule has 72 valence electrons. The van der Waals surface area contributed by atoms with Crippen LogP contribution in [0.25, 0.3) is 0 Å². The molecule has 1 aliphatic carbocycles. The van der Waals surface area contributed by atoms with Crippen molar-refractivity contribution in [2.24, 2.45) is 5.41 Å². The molecule has 0 saturated carbocycles. The van der Waals surface area contributed by atoms with Crippen LogP contribution in [0.3, 0.4) is 0 Å². The highest BCUT2D eigenvalue weighted by atomic mass is 16.4. The zero-order valence-electron chi connectivity index (χ0n) is 8.11. The molecule has 0 unspecified atom stereocenters. The van der Waals surface area contributed by atoms with Gasteiger partial charge in [0.05, 0.1) is 11.6 Å². The molecule has 0 aromatic heterocycles. The second-order valence-corrected chi connectivity index (χ2v) is 3.77. The molecule has 0 aromatic rings. The molecule has 0 heterocycles. The van der Waals surface area contributed by atoms with Crippen molar-refractivity contribution in [3.8, 4) is 6.07 Å². The first-order chi connectivity index (χ1) is 6.44. The van der Waals surface area contributed by atoms with E-state index in [0.717, 1.165) is 0 Å². The minimum Gasteiger partial charge on any atom is -0.478 e. The summed E-state index contributed by atoms with van der Waals surface area (Å²) in [6, 6.07) is 2.01. The van der Waals surface area contributed by atoms with Crippen LogP contribution in [0.15, 0.2) is 35.5 Å². The minimum atomic E-state index is -0.970. The van der Waals surface area contributed by atoms with Gasteiger partial charge in [-0.1, -0.05) is 26.0 Å². The lowest BCUT2D eigenvalue weighted by Gasteiger charge is -2.14. The Labute approximate surface area is 82.7 Å². The summed E-state index contributed by atoms with van der Waals surface area (Å²) in [5.41, 5.74) is 0.307. The Morgan fingerprint density at radius 2 is 2.07 bits per heavy atom. The normalized spacial score (nSPS) is 18.9. The van der Waals surface area contributed by atoms with E-state index in [-0.39, 0.29) is 5.57 Å². The smallest absolute Gasteiger partial charge is 0.335 e. The van der Waals surface area contributed by atoms with Crippen LogP contribution < -0.4 is 0 Å². The molecule has 0 atom stereocenters. The van der Waals surface area contributed by atoms with Gasteiger partial charge >= 0.3 is 5.97 Å². The Morgan fingerprint density at radius 1 is 1.43 bits per heavy atom. The largest absolute Gasteiger partial charge is 0.478 e. The number of rotatable bonds is 1. The molecule has 1 N–H and O–H groups in total. The van der Waals surface area contributed by atoms with E-state index in [0.29, 0.717) is 5.57 Å². The van der Waals surface area contributed by atoms with Gasteiger partial charge in [0.25, 0.3) is 0 Å². The number of nitrogens with zero attached hydrogens (tertiary/aromatic N) is 1. The van der Waals surface area contributed by atoms with Crippen LogP contribution in [0.1, 0.15) is 13.8 Å². The molecule has 0 saturated heterocycles. The summed E-state index contributed by atoms with van der Waals surface area (Å²) in [7, 11) is 0. The van der Waals surface area contributed by atoms with E-state index in [1.54, 1.807) is 12.2 Å². The van der Waals surface area contributed by atoms with Crippen molar-refractivity contribution in [3.05, 3.63) is 35.5 Å². The maximum absolute atomic E-state index is 10.8. The first-order valence-corrected chi connectivity index (χ1v) is 4.22. The summed E-state index contributed by atoms with van der Waals surface area (Å²) >= 11 is 0. The van der Waals surface area contributed by atoms with Crippen molar-refractivity contribution in [1.82, 2.24) is 0 Å². The number of carbonyl (C=O) groups is 1. The minimum absolute atomic E-state index is 0.219. The average Bonchev–Trinajstić information content (AvgIpc) is 2.23. The van der Waals surface area contributed by atoms with Crippen molar-refractivity contribution in [2.45, 2.75) is 13.8 Å². The van der Waals surface area contributed by atoms with E-state index in [1.807, 2.05) is 19.9 Å². The van der Waals surface area contributed by atoms with Gasteiger partial charge in [0, 0.05) is 11.0 Å². The van der Waals surface area contributed by atoms with Crippen LogP contribution >= 0.6 is 0 Å². The summed E-state index contributed by atoms with van der Waals surface area (Å²) in [6.45, 7) is 3.72. The molecule has 3 nitrogen and oxygen atoms in total. The summed E-state index contributed by atoms with van der Waals surface area (Å²) in [5.74, 6) is -0.970. The molecule has 0 bridgehead atoms. The molecular weight excluding hydrogens is 178 g/mol. The van der Waals surface area contributed by atoms with Crippen molar-refractivity contribution < 1.29 is 9.90 Å². The highest BCUT2D eigenvalue weighted by molar-refractivity contribution is 5.90. The third kappa shape index (κ3) is 2.33. The second-order valence-electron chi connectivity index (χ2n) is 3.77. The molecule has 1 aliphatic rings. The lowest BCUT2D eigenvalue weighted by molar-refractivity contribution is -0.132. The van der Waals surface area contributed by atoms with Crippen molar-refractivity contribution >= 4 is 5.97 Å². The van der Waals surface area contributed by atoms with Crippen LogP contribution in [0.4, 0.5) is 0 Å². The van der Waals surface area contributed by atoms with Gasteiger partial charge in [-0.15, -0.1) is 0 Å². The average molecular weight is 189 g/mol. The first-order valence-electron chi connectivity index (χ1n) is 4.22. The van der Waals surface area contributed by atoms with E-state index >= 15 is 0 Å². The predicted molar refractivity (Wildman–Crippen MR) is 52.3 cm³/mol. The van der Waals surface area contributed by atoms with Crippen molar-refractivity contribution in [3.63, 3.8) is 0 Å². The summed E-state index contributed by atoms with van der Waals surface area (Å²) in [5, 5.41) is 17.6. The number of carboxylic acid groups (broad SMARTS) is 1. The molecule has 1 rings (SSSR count). The fraction of sp³-hybridized carbons (Fsp3) is 0.273. The van der Waals surface area contributed by atoms with Gasteiger partial charge in [0.1, 0.15) is 0 Å². The first kappa shape index (κ1) is 10.3. The van der Waals surface area contributed by atoms with Gasteiger partial charge < -0.3 is 5.11 Å². The number of hydrogen-bond donors (Lipinski definition) is 1. The molecular formula is C11H11NO2. The fourth-order valence-electron chi connectivity index (χ4n) is 1.32. The Hall–Kier alpha value is -1.82. The Balaban J connectivity index is 3.18. The van der Waals surface area contributed by atoms with E-state index in [2.05, 4.69) is 0 Å². The number of aliphatic carboxylic acids is 1.